The Morgan fingerprint density at radius 1 is 1.03 bits per heavy atom. The Morgan fingerprint density at radius 2 is 1.77 bits per heavy atom. The van der Waals surface area contributed by atoms with Crippen molar-refractivity contribution >= 4 is 38.3 Å². The number of imidazole rings is 1. The molecule has 31 heavy (non-hydrogen) atoms. The molecule has 6 nitrogen and oxygen atoms in total. The minimum absolute atomic E-state index is 0.0726. The van der Waals surface area contributed by atoms with Crippen molar-refractivity contribution in [3.05, 3.63) is 83.1 Å². The molecular weight excluding hydrogens is 434 g/mol. The third kappa shape index (κ3) is 4.38. The molecule has 1 aromatic heterocycles. The Balaban J connectivity index is 1.57. The molecule has 1 heterocycles. The second-order valence-electron chi connectivity index (χ2n) is 7.13. The molecule has 4 rings (SSSR count). The molecule has 3 aromatic carbocycles. The van der Waals surface area contributed by atoms with Gasteiger partial charge in [-0.25, -0.2) is 13.4 Å². The molecular formula is C23H22ClN3O3S. The Hall–Kier alpha value is -3.03. The highest BCUT2D eigenvalue weighted by atomic mass is 35.5. The van der Waals surface area contributed by atoms with Gasteiger partial charge in [0, 0.05) is 13.5 Å². The maximum Gasteiger partial charge on any atom is 0.261 e. The molecule has 0 saturated heterocycles. The first-order chi connectivity index (χ1) is 14.9. The van der Waals surface area contributed by atoms with Crippen LogP contribution in [0.5, 0.6) is 5.75 Å². The van der Waals surface area contributed by atoms with Crippen molar-refractivity contribution in [3.63, 3.8) is 0 Å². The first-order valence-corrected chi connectivity index (χ1v) is 11.6. The van der Waals surface area contributed by atoms with Gasteiger partial charge in [-0.2, -0.15) is 0 Å². The molecule has 1 N–H and O–H groups in total. The highest BCUT2D eigenvalue weighted by Gasteiger charge is 2.18. The van der Waals surface area contributed by atoms with Crippen LogP contribution in [0.3, 0.4) is 0 Å². The molecule has 0 saturated carbocycles. The summed E-state index contributed by atoms with van der Waals surface area (Å²) in [7, 11) is -0.332. The Bertz CT molecular complexity index is 1350. The number of anilines is 1. The minimum Gasteiger partial charge on any atom is -0.495 e. The van der Waals surface area contributed by atoms with Crippen LogP contribution in [0.15, 0.2) is 71.6 Å². The molecule has 0 spiro atoms. The SMILES string of the molecule is COc1ccc(S(=O)(=O)Nc2ccccc2CCc2nc3ccccc3n2C)cc1Cl. The summed E-state index contributed by atoms with van der Waals surface area (Å²) in [4.78, 5) is 4.78. The molecule has 0 unspecified atom stereocenters. The smallest absolute Gasteiger partial charge is 0.261 e. The summed E-state index contributed by atoms with van der Waals surface area (Å²) in [5.41, 5.74) is 3.44. The Labute approximate surface area is 186 Å². The topological polar surface area (TPSA) is 73.2 Å². The fourth-order valence-electron chi connectivity index (χ4n) is 3.52. The summed E-state index contributed by atoms with van der Waals surface area (Å²) < 4.78 is 35.7. The van der Waals surface area contributed by atoms with E-state index in [4.69, 9.17) is 21.3 Å². The fourth-order valence-corrected chi connectivity index (χ4v) is 4.97. The number of fused-ring (bicyclic) bond motifs is 1. The maximum absolute atomic E-state index is 12.9. The second kappa shape index (κ2) is 8.61. The zero-order valence-electron chi connectivity index (χ0n) is 17.2. The van der Waals surface area contributed by atoms with Gasteiger partial charge in [-0.1, -0.05) is 41.9 Å². The number of sulfonamides is 1. The largest absolute Gasteiger partial charge is 0.495 e. The lowest BCUT2D eigenvalue weighted by Gasteiger charge is -2.13. The van der Waals surface area contributed by atoms with Crippen molar-refractivity contribution in [2.75, 3.05) is 11.8 Å². The second-order valence-corrected chi connectivity index (χ2v) is 9.22. The molecule has 0 atom stereocenters. The summed E-state index contributed by atoms with van der Waals surface area (Å²) in [6.45, 7) is 0. The van der Waals surface area contributed by atoms with E-state index >= 15 is 0 Å². The number of hydrogen-bond acceptors (Lipinski definition) is 4. The number of aromatic nitrogens is 2. The van der Waals surface area contributed by atoms with Crippen molar-refractivity contribution in [2.24, 2.45) is 7.05 Å². The number of aryl methyl sites for hydroxylation is 3. The van der Waals surface area contributed by atoms with Crippen LogP contribution in [0.2, 0.25) is 5.02 Å². The molecule has 160 valence electrons. The normalized spacial score (nSPS) is 11.6. The lowest BCUT2D eigenvalue weighted by atomic mass is 10.1. The highest BCUT2D eigenvalue weighted by molar-refractivity contribution is 7.92. The third-order valence-corrected chi connectivity index (χ3v) is 6.85. The third-order valence-electron chi connectivity index (χ3n) is 5.19. The number of halogens is 1. The zero-order chi connectivity index (χ0) is 22.0. The van der Waals surface area contributed by atoms with Crippen LogP contribution in [-0.2, 0) is 29.9 Å². The average Bonchev–Trinajstić information content (AvgIpc) is 3.08. The molecule has 0 fully saturated rings. The summed E-state index contributed by atoms with van der Waals surface area (Å²) in [6.07, 6.45) is 1.32. The first-order valence-electron chi connectivity index (χ1n) is 9.73. The van der Waals surface area contributed by atoms with E-state index in [9.17, 15) is 8.42 Å². The van der Waals surface area contributed by atoms with E-state index in [-0.39, 0.29) is 9.92 Å². The van der Waals surface area contributed by atoms with Crippen molar-refractivity contribution in [2.45, 2.75) is 17.7 Å². The minimum atomic E-state index is -3.81. The number of methoxy groups -OCH3 is 1. The van der Waals surface area contributed by atoms with Crippen molar-refractivity contribution in [1.82, 2.24) is 9.55 Å². The quantitative estimate of drug-likeness (QED) is 0.433. The fraction of sp³-hybridized carbons (Fsp3) is 0.174. The molecule has 0 aliphatic carbocycles. The van der Waals surface area contributed by atoms with Crippen molar-refractivity contribution in [3.8, 4) is 5.75 Å². The van der Waals surface area contributed by atoms with Gasteiger partial charge in [-0.05, 0) is 48.4 Å². The van der Waals surface area contributed by atoms with Crippen LogP contribution in [0, 0.1) is 0 Å². The summed E-state index contributed by atoms with van der Waals surface area (Å²) >= 11 is 6.11. The summed E-state index contributed by atoms with van der Waals surface area (Å²) in [5, 5.41) is 0.237. The molecule has 0 aliphatic rings. The molecule has 0 amide bonds. The van der Waals surface area contributed by atoms with Gasteiger partial charge >= 0.3 is 0 Å². The van der Waals surface area contributed by atoms with Crippen LogP contribution in [0.1, 0.15) is 11.4 Å². The van der Waals surface area contributed by atoms with E-state index in [2.05, 4.69) is 9.29 Å². The summed E-state index contributed by atoms with van der Waals surface area (Å²) in [5.74, 6) is 1.37. The molecule has 0 bridgehead atoms. The van der Waals surface area contributed by atoms with Gasteiger partial charge in [0.05, 0.1) is 33.7 Å². The monoisotopic (exact) mass is 455 g/mol. The van der Waals surface area contributed by atoms with Crippen LogP contribution in [0.25, 0.3) is 11.0 Å². The first kappa shape index (κ1) is 21.2. The van der Waals surface area contributed by atoms with Crippen LogP contribution < -0.4 is 9.46 Å². The van der Waals surface area contributed by atoms with E-state index in [1.165, 1.54) is 25.3 Å². The van der Waals surface area contributed by atoms with Gasteiger partial charge in [0.25, 0.3) is 10.0 Å². The number of ether oxygens (including phenoxy) is 1. The van der Waals surface area contributed by atoms with Crippen LogP contribution in [-0.4, -0.2) is 25.1 Å². The lowest BCUT2D eigenvalue weighted by molar-refractivity contribution is 0.414. The van der Waals surface area contributed by atoms with Crippen molar-refractivity contribution < 1.29 is 13.2 Å². The Morgan fingerprint density at radius 3 is 2.52 bits per heavy atom. The lowest BCUT2D eigenvalue weighted by Crippen LogP contribution is -2.14. The maximum atomic E-state index is 12.9. The predicted molar refractivity (Wildman–Crippen MR) is 123 cm³/mol. The number of rotatable bonds is 7. The molecule has 8 heteroatoms. The standard InChI is InChI=1S/C23H22ClN3O3S/c1-27-21-10-6-5-9-20(21)25-23(27)14-11-16-7-3-4-8-19(16)26-31(28,29)17-12-13-22(30-2)18(24)15-17/h3-10,12-13,15,26H,11,14H2,1-2H3. The molecule has 4 aromatic rings. The average molecular weight is 456 g/mol. The van der Waals surface area contributed by atoms with E-state index in [0.29, 0.717) is 24.3 Å². The van der Waals surface area contributed by atoms with Gasteiger partial charge in [0.1, 0.15) is 11.6 Å². The highest BCUT2D eigenvalue weighted by Crippen LogP contribution is 2.29. The van der Waals surface area contributed by atoms with Crippen molar-refractivity contribution in [1.29, 1.82) is 0 Å². The zero-order valence-corrected chi connectivity index (χ0v) is 18.7. The van der Waals surface area contributed by atoms with E-state index in [1.54, 1.807) is 12.1 Å². The number of benzene rings is 3. The van der Waals surface area contributed by atoms with Crippen LogP contribution >= 0.6 is 11.6 Å². The number of nitrogens with zero attached hydrogens (tertiary/aromatic N) is 2. The molecule has 0 radical (unpaired) electrons. The van der Waals surface area contributed by atoms with Gasteiger partial charge in [0.2, 0.25) is 0 Å². The van der Waals surface area contributed by atoms with E-state index in [1.807, 2.05) is 43.4 Å². The number of nitrogens with one attached hydrogen (secondary N) is 1. The Kier molecular flexibility index (Phi) is 5.89. The summed E-state index contributed by atoms with van der Waals surface area (Å²) in [6, 6.07) is 19.7. The molecule has 0 aliphatic heterocycles. The van der Waals surface area contributed by atoms with Crippen LogP contribution in [0.4, 0.5) is 5.69 Å². The number of hydrogen-bond donors (Lipinski definition) is 1. The van der Waals surface area contributed by atoms with Gasteiger partial charge in [-0.3, -0.25) is 4.72 Å². The van der Waals surface area contributed by atoms with E-state index in [0.717, 1.165) is 22.4 Å². The number of para-hydroxylation sites is 3. The van der Waals surface area contributed by atoms with Gasteiger partial charge in [-0.15, -0.1) is 0 Å². The predicted octanol–water partition coefficient (Wildman–Crippen LogP) is 4.82. The van der Waals surface area contributed by atoms with Gasteiger partial charge in [0.15, 0.2) is 0 Å². The van der Waals surface area contributed by atoms with Gasteiger partial charge < -0.3 is 9.30 Å². The van der Waals surface area contributed by atoms with E-state index < -0.39 is 10.0 Å².